The Labute approximate surface area is 235 Å². The van der Waals surface area contributed by atoms with Crippen molar-refractivity contribution < 1.29 is 13.2 Å². The molecule has 0 saturated carbocycles. The first kappa shape index (κ1) is 27.8. The highest BCUT2D eigenvalue weighted by atomic mass is 32.2. The first-order valence-electron chi connectivity index (χ1n) is 13.2. The Hall–Kier alpha value is -3.77. The molecule has 12 heteroatoms. The van der Waals surface area contributed by atoms with Crippen molar-refractivity contribution in [2.24, 2.45) is 5.92 Å². The third-order valence-corrected chi connectivity index (χ3v) is 8.40. The van der Waals surface area contributed by atoms with Gasteiger partial charge in [-0.05, 0) is 40.1 Å². The Kier molecular flexibility index (Phi) is 7.65. The zero-order valence-corrected chi connectivity index (χ0v) is 24.6. The van der Waals surface area contributed by atoms with E-state index in [1.807, 2.05) is 56.2 Å². The predicted octanol–water partition coefficient (Wildman–Crippen LogP) is 3.04. The minimum absolute atomic E-state index is 0.0880. The fraction of sp³-hybridized carbons (Fsp3) is 0.429. The van der Waals surface area contributed by atoms with E-state index in [9.17, 15) is 8.42 Å². The molecule has 4 aromatic heterocycles. The molecule has 1 fully saturated rings. The third kappa shape index (κ3) is 5.73. The van der Waals surface area contributed by atoms with Crippen LogP contribution in [0.25, 0.3) is 28.0 Å². The number of pyridine rings is 3. The first-order valence-corrected chi connectivity index (χ1v) is 15.3. The number of fused-ring (bicyclic) bond motifs is 1. The van der Waals surface area contributed by atoms with E-state index in [-0.39, 0.29) is 17.7 Å². The van der Waals surface area contributed by atoms with Gasteiger partial charge in [0.1, 0.15) is 21.4 Å². The van der Waals surface area contributed by atoms with Crippen LogP contribution in [0.3, 0.4) is 0 Å². The minimum atomic E-state index is -3.04. The van der Waals surface area contributed by atoms with Crippen LogP contribution in [-0.2, 0) is 9.84 Å². The number of rotatable bonds is 10. The second kappa shape index (κ2) is 11.0. The van der Waals surface area contributed by atoms with E-state index < -0.39 is 9.84 Å². The molecule has 4 aromatic rings. The summed E-state index contributed by atoms with van der Waals surface area (Å²) in [7, 11) is 2.65. The van der Waals surface area contributed by atoms with Crippen molar-refractivity contribution in [2.45, 2.75) is 19.9 Å². The van der Waals surface area contributed by atoms with E-state index in [0.717, 1.165) is 52.4 Å². The number of hydrogen-bond donors (Lipinski definition) is 1. The monoisotopic (exact) mass is 564 g/mol. The lowest BCUT2D eigenvalue weighted by Gasteiger charge is -2.48. The van der Waals surface area contributed by atoms with Crippen LogP contribution < -0.4 is 15.0 Å². The van der Waals surface area contributed by atoms with Gasteiger partial charge in [0.15, 0.2) is 5.82 Å². The predicted molar refractivity (Wildman–Crippen MR) is 158 cm³/mol. The molecule has 0 radical (unpaired) electrons. The zero-order chi connectivity index (χ0) is 28.6. The molecule has 0 amide bonds. The summed E-state index contributed by atoms with van der Waals surface area (Å²) in [5, 5.41) is 9.08. The van der Waals surface area contributed by atoms with E-state index in [1.165, 1.54) is 6.26 Å². The van der Waals surface area contributed by atoms with Crippen molar-refractivity contribution in [3.8, 4) is 22.8 Å². The van der Waals surface area contributed by atoms with Crippen molar-refractivity contribution in [3.05, 3.63) is 48.5 Å². The molecule has 40 heavy (non-hydrogen) atoms. The summed E-state index contributed by atoms with van der Waals surface area (Å²) in [6.07, 6.45) is 6.55. The molecule has 2 atom stereocenters. The van der Waals surface area contributed by atoms with Crippen molar-refractivity contribution in [1.29, 1.82) is 0 Å². The largest absolute Gasteiger partial charge is 0.496 e. The summed E-state index contributed by atoms with van der Waals surface area (Å²) in [6.45, 7) is 6.28. The third-order valence-electron chi connectivity index (χ3n) is 7.37. The van der Waals surface area contributed by atoms with Crippen LogP contribution in [0.15, 0.2) is 42.9 Å². The van der Waals surface area contributed by atoms with Gasteiger partial charge >= 0.3 is 0 Å². The average molecular weight is 565 g/mol. The minimum Gasteiger partial charge on any atom is -0.496 e. The molecule has 5 heterocycles. The molecule has 11 nitrogen and oxygen atoms in total. The van der Waals surface area contributed by atoms with Crippen LogP contribution in [-0.4, -0.2) is 96.9 Å². The lowest BCUT2D eigenvalue weighted by Crippen LogP contribution is -2.57. The van der Waals surface area contributed by atoms with E-state index in [0.29, 0.717) is 18.1 Å². The molecular weight excluding hydrogens is 528 g/mol. The standard InChI is InChI=1S/C28H36N8O3S/c1-18-22-15-31-36(25(22)13-24(32-18)23-14-29-8-7-26(23)39-5)28-12-21(11-27(33-28)30-9-10-34(3)4)35-16-20(19(35)2)17-40(6,37)38/h7-8,11-15,19-20H,9-10,16-17H2,1-6H3,(H,30,33)/t19-,20-/m1/s1. The second-order valence-corrected chi connectivity index (χ2v) is 12.9. The highest BCUT2D eigenvalue weighted by Gasteiger charge is 2.38. The van der Waals surface area contributed by atoms with Gasteiger partial charge in [-0.3, -0.25) is 9.97 Å². The van der Waals surface area contributed by atoms with Crippen LogP contribution in [0, 0.1) is 12.8 Å². The number of anilines is 2. The van der Waals surface area contributed by atoms with Crippen LogP contribution in [0.4, 0.5) is 11.5 Å². The Morgan fingerprint density at radius 3 is 2.67 bits per heavy atom. The average Bonchev–Trinajstić information content (AvgIpc) is 3.34. The summed E-state index contributed by atoms with van der Waals surface area (Å²) in [6, 6.07) is 7.92. The molecule has 0 aliphatic carbocycles. The van der Waals surface area contributed by atoms with Gasteiger partial charge in [-0.15, -0.1) is 0 Å². The number of nitrogens with zero attached hydrogens (tertiary/aromatic N) is 7. The Bertz CT molecular complexity index is 1640. The Balaban J connectivity index is 1.57. The molecule has 0 unspecified atom stereocenters. The van der Waals surface area contributed by atoms with Crippen molar-refractivity contribution in [1.82, 2.24) is 29.6 Å². The van der Waals surface area contributed by atoms with E-state index in [2.05, 4.69) is 27.0 Å². The van der Waals surface area contributed by atoms with Crippen LogP contribution in [0.1, 0.15) is 12.6 Å². The van der Waals surface area contributed by atoms with Crippen molar-refractivity contribution >= 4 is 32.2 Å². The molecule has 5 rings (SSSR count). The quantitative estimate of drug-likeness (QED) is 0.308. The summed E-state index contributed by atoms with van der Waals surface area (Å²) in [5.74, 6) is 2.36. The number of methoxy groups -OCH3 is 1. The smallest absolute Gasteiger partial charge is 0.158 e. The summed E-state index contributed by atoms with van der Waals surface area (Å²) < 4.78 is 31.2. The maximum absolute atomic E-state index is 11.9. The van der Waals surface area contributed by atoms with Crippen LogP contribution in [0.5, 0.6) is 5.75 Å². The lowest BCUT2D eigenvalue weighted by atomic mass is 9.91. The maximum atomic E-state index is 11.9. The fourth-order valence-corrected chi connectivity index (χ4v) is 6.30. The number of aromatic nitrogens is 5. The topological polar surface area (TPSA) is 118 Å². The SMILES string of the molecule is COc1ccncc1-c1cc2c(cnn2-c2cc(N3C[C@H](CS(C)(=O)=O)[C@H]3C)cc(NCCN(C)C)n2)c(C)n1. The lowest BCUT2D eigenvalue weighted by molar-refractivity contribution is 0.341. The Morgan fingerprint density at radius 2 is 1.98 bits per heavy atom. The molecular formula is C28H36N8O3S. The summed E-state index contributed by atoms with van der Waals surface area (Å²) in [5.41, 5.74) is 4.20. The zero-order valence-electron chi connectivity index (χ0n) is 23.8. The molecule has 1 aliphatic rings. The van der Waals surface area contributed by atoms with Crippen molar-refractivity contribution in [3.63, 3.8) is 0 Å². The maximum Gasteiger partial charge on any atom is 0.158 e. The first-order chi connectivity index (χ1) is 19.0. The molecule has 0 spiro atoms. The van der Waals surface area contributed by atoms with Gasteiger partial charge in [0.05, 0.1) is 35.8 Å². The number of hydrogen-bond acceptors (Lipinski definition) is 10. The van der Waals surface area contributed by atoms with E-state index >= 15 is 0 Å². The second-order valence-electron chi connectivity index (χ2n) is 10.7. The highest BCUT2D eigenvalue weighted by molar-refractivity contribution is 7.90. The molecule has 1 aliphatic heterocycles. The van der Waals surface area contributed by atoms with Gasteiger partial charge in [-0.25, -0.2) is 18.1 Å². The molecule has 0 bridgehead atoms. The van der Waals surface area contributed by atoms with Crippen molar-refractivity contribution in [2.75, 3.05) is 63.1 Å². The summed E-state index contributed by atoms with van der Waals surface area (Å²) >= 11 is 0. The van der Waals surface area contributed by atoms with Crippen LogP contribution in [0.2, 0.25) is 0 Å². The number of nitrogens with one attached hydrogen (secondary N) is 1. The van der Waals surface area contributed by atoms with Gasteiger partial charge in [0.2, 0.25) is 0 Å². The van der Waals surface area contributed by atoms with Gasteiger partial charge in [0, 0.05) is 79.1 Å². The van der Waals surface area contributed by atoms with Gasteiger partial charge in [-0.1, -0.05) is 0 Å². The summed E-state index contributed by atoms with van der Waals surface area (Å²) in [4.78, 5) is 18.3. The molecule has 1 saturated heterocycles. The molecule has 0 aromatic carbocycles. The highest BCUT2D eigenvalue weighted by Crippen LogP contribution is 2.35. The van der Waals surface area contributed by atoms with Gasteiger partial charge in [0.25, 0.3) is 0 Å². The molecule has 1 N–H and O–H groups in total. The van der Waals surface area contributed by atoms with Crippen LogP contribution >= 0.6 is 0 Å². The number of sulfone groups is 1. The van der Waals surface area contributed by atoms with E-state index in [1.54, 1.807) is 19.5 Å². The van der Waals surface area contributed by atoms with E-state index in [4.69, 9.17) is 19.8 Å². The molecule has 212 valence electrons. The fourth-order valence-electron chi connectivity index (χ4n) is 5.13. The van der Waals surface area contributed by atoms with Gasteiger partial charge < -0.3 is 19.9 Å². The number of ether oxygens (including phenoxy) is 1. The normalized spacial score (nSPS) is 17.3. The number of aryl methyl sites for hydroxylation is 1. The number of likely N-dealkylation sites (N-methyl/N-ethyl adjacent to an activating group) is 1. The van der Waals surface area contributed by atoms with Gasteiger partial charge in [-0.2, -0.15) is 5.10 Å². The Morgan fingerprint density at radius 1 is 1.18 bits per heavy atom.